The molecule has 2 unspecified atom stereocenters. The van der Waals surface area contributed by atoms with Gasteiger partial charge in [-0.25, -0.2) is 0 Å². The monoisotopic (exact) mass is 393 g/mol. The number of rotatable bonds is 3. The van der Waals surface area contributed by atoms with E-state index in [0.29, 0.717) is 16.6 Å². The maximum absolute atomic E-state index is 8.36. The van der Waals surface area contributed by atoms with E-state index in [1.54, 1.807) is 10.5 Å². The summed E-state index contributed by atoms with van der Waals surface area (Å²) in [5.74, 6) is 0.664. The van der Waals surface area contributed by atoms with Gasteiger partial charge >= 0.3 is 0 Å². The van der Waals surface area contributed by atoms with E-state index in [2.05, 4.69) is 70.5 Å². The topological polar surface area (TPSA) is 40.5 Å². The Hall–Kier alpha value is -0.910. The summed E-state index contributed by atoms with van der Waals surface area (Å²) in [4.78, 5) is 10.1. The van der Waals surface area contributed by atoms with Crippen LogP contribution in [0.4, 0.5) is 0 Å². The zero-order valence-electron chi connectivity index (χ0n) is 16.5. The third kappa shape index (κ3) is 4.87. The fourth-order valence-electron chi connectivity index (χ4n) is 4.06. The first kappa shape index (κ1) is 21.4. The Kier molecular flexibility index (Phi) is 7.28. The molecule has 1 heterocycles. The number of carboxylic acid groups (broad SMARTS) is 1. The van der Waals surface area contributed by atoms with Gasteiger partial charge in [-0.15, -0.1) is 11.8 Å². The molecule has 0 radical (unpaired) electrons. The fraction of sp³-hybridized carbons (Fsp3) is 0.571. The van der Waals surface area contributed by atoms with Gasteiger partial charge in [0.2, 0.25) is 0 Å². The molecule has 0 spiro atoms. The Bertz CT molecular complexity index is 683. The normalized spacial score (nSPS) is 24.1. The van der Waals surface area contributed by atoms with Crippen molar-refractivity contribution in [1.82, 2.24) is 4.31 Å². The van der Waals surface area contributed by atoms with Crippen LogP contribution in [0, 0.1) is 18.3 Å². The molecule has 1 aromatic carbocycles. The molecule has 0 saturated heterocycles. The van der Waals surface area contributed by atoms with E-state index in [1.165, 1.54) is 36.0 Å². The van der Waals surface area contributed by atoms with E-state index >= 15 is 0 Å². The SMILES string of the molecule is Cc1c(CN(C)S)cccc1C1SC2=C(CC(C)(C)CC2)C1C.O=CO. The molecule has 3 nitrogen and oxygen atoms in total. The maximum atomic E-state index is 8.36. The lowest BCUT2D eigenvalue weighted by Crippen LogP contribution is -2.19. The molecule has 1 N–H and O–H groups in total. The van der Waals surface area contributed by atoms with Crippen LogP contribution in [0.5, 0.6) is 0 Å². The summed E-state index contributed by atoms with van der Waals surface area (Å²) in [6, 6.07) is 6.81. The van der Waals surface area contributed by atoms with Crippen molar-refractivity contribution in [3.8, 4) is 0 Å². The zero-order valence-corrected chi connectivity index (χ0v) is 18.2. The van der Waals surface area contributed by atoms with E-state index < -0.39 is 0 Å². The second-order valence-electron chi connectivity index (χ2n) is 8.17. The van der Waals surface area contributed by atoms with Gasteiger partial charge in [0.1, 0.15) is 0 Å². The highest BCUT2D eigenvalue weighted by Gasteiger charge is 2.39. The largest absolute Gasteiger partial charge is 0.483 e. The first-order valence-corrected chi connectivity index (χ1v) is 10.4. The van der Waals surface area contributed by atoms with E-state index in [0.717, 1.165) is 6.54 Å². The lowest BCUT2D eigenvalue weighted by Gasteiger charge is -2.32. The van der Waals surface area contributed by atoms with Crippen molar-refractivity contribution in [2.24, 2.45) is 11.3 Å². The van der Waals surface area contributed by atoms with Gasteiger partial charge < -0.3 is 5.11 Å². The zero-order chi connectivity index (χ0) is 19.5. The maximum Gasteiger partial charge on any atom is 0.290 e. The minimum atomic E-state index is -0.250. The summed E-state index contributed by atoms with van der Waals surface area (Å²) < 4.78 is 1.96. The van der Waals surface area contributed by atoms with Gasteiger partial charge in [-0.1, -0.05) is 57.4 Å². The average molecular weight is 394 g/mol. The molecular formula is C21H31NO2S2. The van der Waals surface area contributed by atoms with Crippen LogP contribution in [-0.4, -0.2) is 22.9 Å². The highest BCUT2D eigenvalue weighted by Crippen LogP contribution is 2.59. The number of thiol groups is 1. The first-order chi connectivity index (χ1) is 12.2. The molecule has 1 aliphatic carbocycles. The summed E-state index contributed by atoms with van der Waals surface area (Å²) in [5, 5.41) is 7.49. The summed E-state index contributed by atoms with van der Waals surface area (Å²) >= 11 is 6.57. The van der Waals surface area contributed by atoms with E-state index in [-0.39, 0.29) is 6.47 Å². The summed E-state index contributed by atoms with van der Waals surface area (Å²) in [7, 11) is 2.02. The molecule has 1 aliphatic heterocycles. The Morgan fingerprint density at radius 1 is 1.42 bits per heavy atom. The predicted molar refractivity (Wildman–Crippen MR) is 114 cm³/mol. The number of allylic oxidation sites excluding steroid dienone is 2. The summed E-state index contributed by atoms with van der Waals surface area (Å²) in [6.45, 7) is 10.2. The number of thioether (sulfide) groups is 1. The highest BCUT2D eigenvalue weighted by atomic mass is 32.2. The third-order valence-corrected chi connectivity index (χ3v) is 7.33. The average Bonchev–Trinajstić information content (AvgIpc) is 2.85. The lowest BCUT2D eigenvalue weighted by atomic mass is 9.73. The van der Waals surface area contributed by atoms with Gasteiger partial charge in [0.05, 0.1) is 0 Å². The van der Waals surface area contributed by atoms with Crippen LogP contribution in [0.15, 0.2) is 28.7 Å². The Balaban J connectivity index is 0.000000758. The number of hydrogen-bond donors (Lipinski definition) is 2. The highest BCUT2D eigenvalue weighted by molar-refractivity contribution is 8.03. The fourth-order valence-corrected chi connectivity index (χ4v) is 5.90. The van der Waals surface area contributed by atoms with Crippen molar-refractivity contribution in [3.05, 3.63) is 45.4 Å². The van der Waals surface area contributed by atoms with Crippen LogP contribution < -0.4 is 0 Å². The standard InChI is InChI=1S/C20H29NS2.CH2O2/c1-13-15(12-21(5)22)7-6-8-16(13)19-14(2)17-11-20(3,4)10-9-18(17)23-19;2-1-3/h6-8,14,19,22H,9-12H2,1-5H3;1H,(H,2,3). The smallest absolute Gasteiger partial charge is 0.290 e. The van der Waals surface area contributed by atoms with Crippen molar-refractivity contribution >= 4 is 31.0 Å². The van der Waals surface area contributed by atoms with Gasteiger partial charge in [0, 0.05) is 11.8 Å². The molecule has 2 aliphatic rings. The van der Waals surface area contributed by atoms with Crippen LogP contribution >= 0.6 is 24.6 Å². The van der Waals surface area contributed by atoms with E-state index in [1.807, 2.05) is 11.4 Å². The van der Waals surface area contributed by atoms with Crippen LogP contribution in [0.3, 0.4) is 0 Å². The van der Waals surface area contributed by atoms with Crippen molar-refractivity contribution in [1.29, 1.82) is 0 Å². The lowest BCUT2D eigenvalue weighted by molar-refractivity contribution is -0.122. The van der Waals surface area contributed by atoms with E-state index in [4.69, 9.17) is 9.90 Å². The summed E-state index contributed by atoms with van der Waals surface area (Å²) in [5.41, 5.74) is 6.61. The Morgan fingerprint density at radius 3 is 2.69 bits per heavy atom. The molecule has 0 saturated carbocycles. The second kappa shape index (κ2) is 8.85. The molecule has 0 bridgehead atoms. The molecule has 5 heteroatoms. The molecule has 1 aromatic rings. The van der Waals surface area contributed by atoms with Crippen molar-refractivity contribution in [2.75, 3.05) is 7.05 Å². The number of hydrogen-bond acceptors (Lipinski definition) is 4. The van der Waals surface area contributed by atoms with Gasteiger partial charge in [-0.3, -0.25) is 9.10 Å². The molecule has 3 rings (SSSR count). The van der Waals surface area contributed by atoms with Crippen LogP contribution in [0.1, 0.15) is 62.0 Å². The van der Waals surface area contributed by atoms with Crippen LogP contribution in [0.25, 0.3) is 0 Å². The molecule has 2 atom stereocenters. The Labute approximate surface area is 167 Å². The van der Waals surface area contributed by atoms with Gasteiger partial charge in [0.15, 0.2) is 0 Å². The Morgan fingerprint density at radius 2 is 2.08 bits per heavy atom. The predicted octanol–water partition coefficient (Wildman–Crippen LogP) is 5.86. The minimum Gasteiger partial charge on any atom is -0.483 e. The first-order valence-electron chi connectivity index (χ1n) is 9.15. The molecule has 0 fully saturated rings. The molecular weight excluding hydrogens is 362 g/mol. The molecule has 26 heavy (non-hydrogen) atoms. The molecule has 0 amide bonds. The second-order valence-corrected chi connectivity index (χ2v) is 10.1. The third-order valence-electron chi connectivity index (χ3n) is 5.52. The van der Waals surface area contributed by atoms with Gasteiger partial charge in [-0.05, 0) is 66.2 Å². The van der Waals surface area contributed by atoms with E-state index in [9.17, 15) is 0 Å². The minimum absolute atomic E-state index is 0.250. The number of benzene rings is 1. The number of nitrogens with zero attached hydrogens (tertiary/aromatic N) is 1. The molecule has 0 aromatic heterocycles. The van der Waals surface area contributed by atoms with Crippen LogP contribution in [0.2, 0.25) is 0 Å². The quantitative estimate of drug-likeness (QED) is 0.498. The van der Waals surface area contributed by atoms with Crippen molar-refractivity contribution in [3.63, 3.8) is 0 Å². The van der Waals surface area contributed by atoms with Gasteiger partial charge in [-0.2, -0.15) is 0 Å². The van der Waals surface area contributed by atoms with Crippen LogP contribution in [-0.2, 0) is 11.3 Å². The number of carbonyl (C=O) groups is 1. The van der Waals surface area contributed by atoms with Gasteiger partial charge in [0.25, 0.3) is 6.47 Å². The van der Waals surface area contributed by atoms with Crippen molar-refractivity contribution in [2.45, 2.75) is 58.8 Å². The molecule has 144 valence electrons. The van der Waals surface area contributed by atoms with Crippen molar-refractivity contribution < 1.29 is 9.90 Å². The summed E-state index contributed by atoms with van der Waals surface area (Å²) in [6.07, 6.45) is 3.90.